The van der Waals surface area contributed by atoms with Crippen molar-refractivity contribution in [1.29, 1.82) is 0 Å². The zero-order valence-corrected chi connectivity index (χ0v) is 27.3. The predicted octanol–water partition coefficient (Wildman–Crippen LogP) is 2.43. The number of benzene rings is 1. The maximum Gasteiger partial charge on any atom is 0.305 e. The summed E-state index contributed by atoms with van der Waals surface area (Å²) in [5, 5.41) is 15.9. The van der Waals surface area contributed by atoms with E-state index in [2.05, 4.69) is 15.6 Å². The molecular formula is C32H44N4O8S. The van der Waals surface area contributed by atoms with Crippen LogP contribution in [0.2, 0.25) is 0 Å². The van der Waals surface area contributed by atoms with E-state index in [0.717, 1.165) is 27.0 Å². The molecule has 4 unspecified atom stereocenters. The predicted molar refractivity (Wildman–Crippen MR) is 168 cm³/mol. The van der Waals surface area contributed by atoms with Crippen molar-refractivity contribution >= 4 is 50.3 Å². The fraction of sp³-hybridized carbons (Fsp3) is 0.594. The van der Waals surface area contributed by atoms with Crippen molar-refractivity contribution in [3.05, 3.63) is 36.0 Å². The summed E-state index contributed by atoms with van der Waals surface area (Å²) in [6.07, 6.45) is 3.54. The van der Waals surface area contributed by atoms with E-state index in [9.17, 15) is 37.5 Å². The van der Waals surface area contributed by atoms with Gasteiger partial charge >= 0.3 is 5.97 Å². The third-order valence-corrected chi connectivity index (χ3v) is 11.2. The minimum Gasteiger partial charge on any atom is -0.481 e. The number of nitrogens with zero attached hydrogens (tertiary/aromatic N) is 1. The van der Waals surface area contributed by atoms with Crippen molar-refractivity contribution in [2.24, 2.45) is 23.2 Å². The van der Waals surface area contributed by atoms with Gasteiger partial charge in [-0.1, -0.05) is 45.9 Å². The van der Waals surface area contributed by atoms with E-state index >= 15 is 0 Å². The number of carbonyl (C=O) groups excluding carboxylic acids is 4. The normalized spacial score (nSPS) is 22.1. The van der Waals surface area contributed by atoms with Gasteiger partial charge in [0, 0.05) is 42.4 Å². The first kappa shape index (κ1) is 34.3. The number of aromatic nitrogens is 1. The van der Waals surface area contributed by atoms with Crippen LogP contribution in [-0.2, 0) is 40.4 Å². The SMILES string of the molecule is CC(C)C(CC(=O)NCCc1c[nH]c2ccccc12)C(=O)NC(CC(=O)O)C(=O)CN(C12CCC(CC1=O)C2(C)C)S(C)(=O)=O. The number of hydrogen-bond donors (Lipinski definition) is 4. The van der Waals surface area contributed by atoms with E-state index in [1.54, 1.807) is 13.8 Å². The number of amides is 2. The first-order valence-electron chi connectivity index (χ1n) is 15.4. The summed E-state index contributed by atoms with van der Waals surface area (Å²) in [7, 11) is -4.09. The number of ketones is 2. The molecule has 45 heavy (non-hydrogen) atoms. The average Bonchev–Trinajstić information content (AvgIpc) is 3.53. The summed E-state index contributed by atoms with van der Waals surface area (Å²) in [6, 6.07) is 6.26. The van der Waals surface area contributed by atoms with Crippen molar-refractivity contribution in [3.8, 4) is 0 Å². The van der Waals surface area contributed by atoms with Crippen molar-refractivity contribution in [1.82, 2.24) is 19.9 Å². The fourth-order valence-electron chi connectivity index (χ4n) is 7.30. The Balaban J connectivity index is 1.44. The number of hydrogen-bond acceptors (Lipinski definition) is 7. The monoisotopic (exact) mass is 644 g/mol. The number of fused-ring (bicyclic) bond motifs is 3. The third kappa shape index (κ3) is 6.84. The van der Waals surface area contributed by atoms with Crippen molar-refractivity contribution in [2.45, 2.75) is 77.8 Å². The number of Topliss-reactive ketones (excluding diaryl/α,β-unsaturated/α-hetero) is 2. The van der Waals surface area contributed by atoms with Gasteiger partial charge in [0.05, 0.1) is 30.8 Å². The highest BCUT2D eigenvalue weighted by molar-refractivity contribution is 7.88. The smallest absolute Gasteiger partial charge is 0.305 e. The van der Waals surface area contributed by atoms with Gasteiger partial charge in [-0.25, -0.2) is 8.42 Å². The molecule has 12 nitrogen and oxygen atoms in total. The molecule has 0 radical (unpaired) electrons. The lowest BCUT2D eigenvalue weighted by molar-refractivity contribution is -0.142. The van der Waals surface area contributed by atoms with Crippen molar-refractivity contribution in [3.63, 3.8) is 0 Å². The van der Waals surface area contributed by atoms with E-state index in [1.165, 1.54) is 0 Å². The molecule has 2 aromatic rings. The molecular weight excluding hydrogens is 600 g/mol. The van der Waals surface area contributed by atoms with Crippen LogP contribution in [0, 0.1) is 23.2 Å². The molecule has 0 aliphatic heterocycles. The first-order chi connectivity index (χ1) is 21.0. The van der Waals surface area contributed by atoms with Crippen molar-refractivity contribution in [2.75, 3.05) is 19.3 Å². The molecule has 0 spiro atoms. The quantitative estimate of drug-likeness (QED) is 0.228. The molecule has 2 fully saturated rings. The van der Waals surface area contributed by atoms with Crippen molar-refractivity contribution < 1.29 is 37.5 Å². The lowest BCUT2D eigenvalue weighted by atomic mass is 9.75. The Bertz CT molecular complexity index is 1600. The molecule has 2 aliphatic carbocycles. The van der Waals surface area contributed by atoms with Gasteiger partial charge in [-0.15, -0.1) is 0 Å². The van der Waals surface area contributed by atoms with Crippen LogP contribution in [0.5, 0.6) is 0 Å². The Morgan fingerprint density at radius 1 is 1.13 bits per heavy atom. The Morgan fingerprint density at radius 3 is 2.40 bits per heavy atom. The van der Waals surface area contributed by atoms with Gasteiger partial charge in [0.15, 0.2) is 11.6 Å². The van der Waals surface area contributed by atoms with Crippen LogP contribution in [0.15, 0.2) is 30.5 Å². The van der Waals surface area contributed by atoms with E-state index in [0.29, 0.717) is 19.4 Å². The Morgan fingerprint density at radius 2 is 1.82 bits per heavy atom. The highest BCUT2D eigenvalue weighted by Gasteiger charge is 2.68. The number of H-pyrrole nitrogens is 1. The van der Waals surface area contributed by atoms with E-state index < -0.39 is 63.6 Å². The van der Waals surface area contributed by atoms with Gasteiger partial charge in [0.1, 0.15) is 0 Å². The van der Waals surface area contributed by atoms with Crippen LogP contribution in [-0.4, -0.2) is 83.1 Å². The Labute approximate surface area is 263 Å². The summed E-state index contributed by atoms with van der Waals surface area (Å²) >= 11 is 0. The molecule has 2 bridgehead atoms. The maximum absolute atomic E-state index is 13.6. The summed E-state index contributed by atoms with van der Waals surface area (Å²) in [6.45, 7) is 6.73. The van der Waals surface area contributed by atoms with Crippen LogP contribution >= 0.6 is 0 Å². The zero-order chi connectivity index (χ0) is 33.3. The van der Waals surface area contributed by atoms with Gasteiger partial charge in [0.25, 0.3) is 0 Å². The topological polar surface area (TPSA) is 183 Å². The molecule has 1 heterocycles. The fourth-order valence-corrected chi connectivity index (χ4v) is 8.66. The van der Waals surface area contributed by atoms with Gasteiger partial charge in [-0.2, -0.15) is 4.31 Å². The zero-order valence-electron chi connectivity index (χ0n) is 26.5. The lowest BCUT2D eigenvalue weighted by Crippen LogP contribution is -2.62. The number of nitrogens with one attached hydrogen (secondary N) is 3. The molecule has 4 atom stereocenters. The summed E-state index contributed by atoms with van der Waals surface area (Å²) in [5.74, 6) is -4.75. The molecule has 4 rings (SSSR count). The Hall–Kier alpha value is -3.58. The van der Waals surface area contributed by atoms with Gasteiger partial charge in [-0.05, 0) is 48.1 Å². The van der Waals surface area contributed by atoms with E-state index in [4.69, 9.17) is 0 Å². The molecule has 2 saturated carbocycles. The van der Waals surface area contributed by atoms with Gasteiger partial charge in [-0.3, -0.25) is 24.0 Å². The van der Waals surface area contributed by atoms with Crippen LogP contribution in [0.3, 0.4) is 0 Å². The summed E-state index contributed by atoms with van der Waals surface area (Å²) < 4.78 is 27.0. The minimum absolute atomic E-state index is 0.0285. The lowest BCUT2D eigenvalue weighted by Gasteiger charge is -2.44. The molecule has 4 N–H and O–H groups in total. The minimum atomic E-state index is -4.09. The second-order valence-electron chi connectivity index (χ2n) is 13.4. The standard InChI is InChI=1S/C32H44N4O8S/c1-19(2)23(15-28(39)33-13-11-20-17-34-24-9-7-6-8-22(20)24)30(42)35-25(16-29(40)41)26(37)18-36(45(5,43)44)32-12-10-21(14-27(32)38)31(32,3)4/h6-9,17,19,21,23,25,34H,10-16,18H2,1-5H3,(H,33,39)(H,35,42)(H,40,41). The van der Waals surface area contributed by atoms with Gasteiger partial charge in [0.2, 0.25) is 21.8 Å². The molecule has 1 aromatic carbocycles. The maximum atomic E-state index is 13.6. The molecule has 0 saturated heterocycles. The molecule has 246 valence electrons. The van der Waals surface area contributed by atoms with Crippen LogP contribution in [0.4, 0.5) is 0 Å². The molecule has 1 aromatic heterocycles. The second kappa shape index (κ2) is 13.0. The number of aromatic amines is 1. The molecule has 13 heteroatoms. The number of carbonyl (C=O) groups is 5. The van der Waals surface area contributed by atoms with Gasteiger partial charge < -0.3 is 20.7 Å². The largest absolute Gasteiger partial charge is 0.481 e. The van der Waals surface area contributed by atoms with E-state index in [1.807, 2.05) is 44.3 Å². The number of para-hydroxylation sites is 1. The van der Waals surface area contributed by atoms with Crippen LogP contribution in [0.25, 0.3) is 10.9 Å². The second-order valence-corrected chi connectivity index (χ2v) is 15.3. The summed E-state index contributed by atoms with van der Waals surface area (Å²) in [5.41, 5.74) is -0.101. The third-order valence-electron chi connectivity index (χ3n) is 9.98. The van der Waals surface area contributed by atoms with Crippen LogP contribution < -0.4 is 10.6 Å². The van der Waals surface area contributed by atoms with Crippen LogP contribution in [0.1, 0.15) is 65.4 Å². The highest BCUT2D eigenvalue weighted by Crippen LogP contribution is 2.61. The number of rotatable bonds is 15. The number of carboxylic acids is 1. The Kier molecular flexibility index (Phi) is 9.93. The summed E-state index contributed by atoms with van der Waals surface area (Å²) in [4.78, 5) is 68.0. The number of sulfonamides is 1. The average molecular weight is 645 g/mol. The molecule has 2 aliphatic rings. The number of carboxylic acid groups (broad SMARTS) is 1. The first-order valence-corrected chi connectivity index (χ1v) is 17.2. The number of aliphatic carboxylic acids is 1. The molecule has 2 amide bonds. The van der Waals surface area contributed by atoms with E-state index in [-0.39, 0.29) is 42.8 Å². The highest BCUT2D eigenvalue weighted by atomic mass is 32.2.